The summed E-state index contributed by atoms with van der Waals surface area (Å²) in [5, 5.41) is 14.3. The fourth-order valence-electron chi connectivity index (χ4n) is 4.24. The third kappa shape index (κ3) is 13.7. The van der Waals surface area contributed by atoms with Crippen LogP contribution in [0.1, 0.15) is 48.8 Å². The van der Waals surface area contributed by atoms with Gasteiger partial charge in [0.1, 0.15) is 0 Å². The molecule has 0 unspecified atom stereocenters. The lowest BCUT2D eigenvalue weighted by molar-refractivity contribution is 0.135. The smallest absolute Gasteiger partial charge is 0.294 e. The normalized spacial score (nSPS) is 15.4. The van der Waals surface area contributed by atoms with Gasteiger partial charge in [-0.25, -0.2) is 0 Å². The van der Waals surface area contributed by atoms with E-state index in [2.05, 4.69) is 5.32 Å². The van der Waals surface area contributed by atoms with Gasteiger partial charge in [-0.15, -0.1) is 0 Å². The maximum atomic E-state index is 10.5. The van der Waals surface area contributed by atoms with Gasteiger partial charge < -0.3 is 16.2 Å². The molecule has 1 aliphatic carbocycles. The Balaban J connectivity index is 0.000000239. The molecule has 0 amide bonds. The molecule has 9 nitrogen and oxygen atoms in total. The lowest BCUT2D eigenvalue weighted by Gasteiger charge is -2.26. The van der Waals surface area contributed by atoms with Crippen LogP contribution in [0.2, 0.25) is 5.02 Å². The highest BCUT2D eigenvalue weighted by Gasteiger charge is 2.18. The number of aliphatic hydroxyl groups is 1. The molecule has 12 heteroatoms. The number of aliphatic hydroxyl groups excluding tert-OH is 1. The summed E-state index contributed by atoms with van der Waals surface area (Å²) < 4.78 is 59.1. The minimum Gasteiger partial charge on any atom is -0.390 e. The van der Waals surface area contributed by atoms with Crippen molar-refractivity contribution in [3.63, 3.8) is 0 Å². The van der Waals surface area contributed by atoms with Crippen LogP contribution >= 0.6 is 11.6 Å². The zero-order chi connectivity index (χ0) is 31.3. The van der Waals surface area contributed by atoms with E-state index in [0.29, 0.717) is 24.0 Å². The third-order valence-electron chi connectivity index (χ3n) is 6.71. The van der Waals surface area contributed by atoms with E-state index in [1.165, 1.54) is 56.4 Å². The average Bonchev–Trinajstić information content (AvgIpc) is 2.92. The maximum absolute atomic E-state index is 10.5. The van der Waals surface area contributed by atoms with Crippen molar-refractivity contribution in [2.45, 2.75) is 80.4 Å². The molecule has 1 aliphatic rings. The zero-order valence-corrected chi connectivity index (χ0v) is 26.2. The Morgan fingerprint density at radius 2 is 1.31 bits per heavy atom. The number of halogens is 1. The van der Waals surface area contributed by atoms with Gasteiger partial charge in [-0.1, -0.05) is 78.4 Å². The van der Waals surface area contributed by atoms with Gasteiger partial charge in [-0.05, 0) is 75.1 Å². The van der Waals surface area contributed by atoms with E-state index < -0.39 is 26.3 Å². The SMILES string of the molecule is Cc1ccc(S(=O)(=O)O)cc1.Cc1ccc(S(=O)(=O)O)cc1.N[C@@H](Cc1cccc(Cl)c1)[C@H](O)CNC1CCCCC1. The monoisotopic (exact) mass is 640 g/mol. The van der Waals surface area contributed by atoms with Gasteiger partial charge in [0, 0.05) is 23.7 Å². The molecule has 4 rings (SSSR count). The lowest BCUT2D eigenvalue weighted by Crippen LogP contribution is -2.46. The Hall–Kier alpha value is -2.35. The largest absolute Gasteiger partial charge is 0.390 e. The number of nitrogens with one attached hydrogen (secondary N) is 1. The molecule has 3 aromatic rings. The topological polar surface area (TPSA) is 167 Å². The first kappa shape index (κ1) is 35.8. The van der Waals surface area contributed by atoms with Gasteiger partial charge in [0.05, 0.1) is 15.9 Å². The number of rotatable bonds is 8. The van der Waals surface area contributed by atoms with E-state index in [1.807, 2.05) is 38.1 Å². The van der Waals surface area contributed by atoms with Gasteiger partial charge in [0.2, 0.25) is 0 Å². The molecule has 3 aromatic carbocycles. The van der Waals surface area contributed by atoms with E-state index in [4.69, 9.17) is 26.4 Å². The molecular formula is C30H41ClN2O7S2. The summed E-state index contributed by atoms with van der Waals surface area (Å²) in [4.78, 5) is -0.133. The molecule has 0 aromatic heterocycles. The van der Waals surface area contributed by atoms with Crippen LogP contribution in [0.4, 0.5) is 0 Å². The van der Waals surface area contributed by atoms with Crippen molar-refractivity contribution in [1.82, 2.24) is 5.32 Å². The van der Waals surface area contributed by atoms with Crippen LogP contribution in [-0.2, 0) is 26.7 Å². The Bertz CT molecular complexity index is 1370. The molecule has 1 fully saturated rings. The number of hydrogen-bond donors (Lipinski definition) is 5. The van der Waals surface area contributed by atoms with Crippen molar-refractivity contribution in [2.24, 2.45) is 5.73 Å². The summed E-state index contributed by atoms with van der Waals surface area (Å²) in [5.74, 6) is 0. The highest BCUT2D eigenvalue weighted by Crippen LogP contribution is 2.18. The second-order valence-corrected chi connectivity index (χ2v) is 13.7. The van der Waals surface area contributed by atoms with E-state index in [0.717, 1.165) is 16.7 Å². The standard InChI is InChI=1S/C16H25ClN2O.2C7H8O3S/c17-13-6-4-5-12(9-13)10-15(18)16(20)11-19-14-7-2-1-3-8-14;2*1-6-2-4-7(5-3-6)11(8,9)10/h4-6,9,14-16,19-20H,1-3,7-8,10-11,18H2;2*2-5H,1H3,(H,8,9,10)/t15-,16+;;/m0../s1. The molecule has 0 aliphatic heterocycles. The summed E-state index contributed by atoms with van der Waals surface area (Å²) in [6.45, 7) is 4.26. The van der Waals surface area contributed by atoms with Crippen LogP contribution in [0, 0.1) is 13.8 Å². The van der Waals surface area contributed by atoms with Crippen LogP contribution < -0.4 is 11.1 Å². The summed E-state index contributed by atoms with van der Waals surface area (Å²) in [5.41, 5.74) is 9.06. The van der Waals surface area contributed by atoms with Crippen LogP contribution in [0.3, 0.4) is 0 Å². The second-order valence-electron chi connectivity index (χ2n) is 10.4. The Labute approximate surface area is 254 Å². The van der Waals surface area contributed by atoms with Crippen LogP contribution in [0.15, 0.2) is 82.6 Å². The minimum absolute atomic E-state index is 0.0666. The molecule has 0 spiro atoms. The van der Waals surface area contributed by atoms with Crippen molar-refractivity contribution in [1.29, 1.82) is 0 Å². The molecule has 0 bridgehead atoms. The van der Waals surface area contributed by atoms with Crippen molar-refractivity contribution >= 4 is 31.8 Å². The summed E-state index contributed by atoms with van der Waals surface area (Å²) >= 11 is 5.95. The first-order valence-electron chi connectivity index (χ1n) is 13.6. The first-order valence-corrected chi connectivity index (χ1v) is 16.9. The maximum Gasteiger partial charge on any atom is 0.294 e. The Morgan fingerprint density at radius 1 is 0.833 bits per heavy atom. The molecule has 232 valence electrons. The zero-order valence-electron chi connectivity index (χ0n) is 23.9. The molecule has 6 N–H and O–H groups in total. The first-order chi connectivity index (χ1) is 19.6. The third-order valence-corrected chi connectivity index (χ3v) is 8.68. The highest BCUT2D eigenvalue weighted by molar-refractivity contribution is 7.86. The highest BCUT2D eigenvalue weighted by atomic mass is 35.5. The Morgan fingerprint density at radius 3 is 1.74 bits per heavy atom. The van der Waals surface area contributed by atoms with Gasteiger partial charge in [0.25, 0.3) is 20.2 Å². The van der Waals surface area contributed by atoms with Gasteiger partial charge in [-0.3, -0.25) is 9.11 Å². The number of hydrogen-bond acceptors (Lipinski definition) is 7. The van der Waals surface area contributed by atoms with E-state index >= 15 is 0 Å². The number of aryl methyl sites for hydroxylation is 2. The van der Waals surface area contributed by atoms with Gasteiger partial charge in [-0.2, -0.15) is 16.8 Å². The predicted octanol–water partition coefficient (Wildman–Crippen LogP) is 4.98. The fraction of sp³-hybridized carbons (Fsp3) is 0.400. The van der Waals surface area contributed by atoms with Crippen molar-refractivity contribution in [3.8, 4) is 0 Å². The van der Waals surface area contributed by atoms with E-state index in [9.17, 15) is 21.9 Å². The molecule has 42 heavy (non-hydrogen) atoms. The van der Waals surface area contributed by atoms with Crippen LogP contribution in [-0.4, -0.2) is 55.8 Å². The lowest BCUT2D eigenvalue weighted by atomic mass is 9.95. The molecular weight excluding hydrogens is 600 g/mol. The quantitative estimate of drug-likeness (QED) is 0.213. The molecule has 0 radical (unpaired) electrons. The predicted molar refractivity (Wildman–Crippen MR) is 166 cm³/mol. The van der Waals surface area contributed by atoms with Crippen LogP contribution in [0.5, 0.6) is 0 Å². The van der Waals surface area contributed by atoms with Gasteiger partial charge in [0.15, 0.2) is 0 Å². The van der Waals surface area contributed by atoms with Crippen LogP contribution in [0.25, 0.3) is 0 Å². The van der Waals surface area contributed by atoms with Crippen molar-refractivity contribution in [2.75, 3.05) is 6.54 Å². The van der Waals surface area contributed by atoms with E-state index in [1.54, 1.807) is 24.3 Å². The summed E-state index contributed by atoms with van der Waals surface area (Å²) in [7, 11) is -8.04. The fourth-order valence-corrected chi connectivity index (χ4v) is 5.41. The molecule has 2 atom stereocenters. The van der Waals surface area contributed by atoms with E-state index in [-0.39, 0.29) is 15.8 Å². The molecule has 0 saturated heterocycles. The van der Waals surface area contributed by atoms with Crippen molar-refractivity contribution < 1.29 is 31.0 Å². The van der Waals surface area contributed by atoms with Gasteiger partial charge >= 0.3 is 0 Å². The minimum atomic E-state index is -4.02. The van der Waals surface area contributed by atoms with Crippen molar-refractivity contribution in [3.05, 3.63) is 94.5 Å². The molecule has 1 saturated carbocycles. The number of benzene rings is 3. The average molecular weight is 641 g/mol. The Kier molecular flexibility index (Phi) is 14.6. The number of nitrogens with two attached hydrogens (primary N) is 1. The molecule has 0 heterocycles. The summed E-state index contributed by atoms with van der Waals surface area (Å²) in [6.07, 6.45) is 6.50. The summed E-state index contributed by atoms with van der Waals surface area (Å²) in [6, 6.07) is 19.9. The second kappa shape index (κ2) is 17.1.